The molecule has 1 heterocycles. The second-order valence-corrected chi connectivity index (χ2v) is 8.22. The number of halogens is 1. The number of aromatic nitrogens is 1. The molecule has 0 bridgehead atoms. The Labute approximate surface area is 130 Å². The van der Waals surface area contributed by atoms with Crippen molar-refractivity contribution in [2.24, 2.45) is 13.0 Å². The number of amides is 1. The summed E-state index contributed by atoms with van der Waals surface area (Å²) in [6.07, 6.45) is 8.71. The molecule has 0 aliphatic heterocycles. The Kier molecular flexibility index (Phi) is 5.32. The smallest absolute Gasteiger partial charge is 0.267 e. The Morgan fingerprint density at radius 1 is 1.38 bits per heavy atom. The maximum absolute atomic E-state index is 12.1. The Hall–Kier alpha value is -1.01. The van der Waals surface area contributed by atoms with E-state index in [-0.39, 0.29) is 10.8 Å². The van der Waals surface area contributed by atoms with Gasteiger partial charge >= 0.3 is 0 Å². The minimum Gasteiger partial charge on any atom is -0.351 e. The highest BCUT2D eigenvalue weighted by Gasteiger charge is 2.19. The van der Waals surface area contributed by atoms with Gasteiger partial charge in [0.25, 0.3) is 15.0 Å². The summed E-state index contributed by atoms with van der Waals surface area (Å²) >= 11 is 0. The molecule has 0 aromatic carbocycles. The lowest BCUT2D eigenvalue weighted by Gasteiger charge is -2.21. The van der Waals surface area contributed by atoms with Crippen LogP contribution in [0.25, 0.3) is 0 Å². The molecule has 0 atom stereocenters. The van der Waals surface area contributed by atoms with Gasteiger partial charge in [0.05, 0.1) is 0 Å². The third-order valence-electron chi connectivity index (χ3n) is 4.06. The molecule has 0 saturated heterocycles. The number of nitrogens with zero attached hydrogens (tertiary/aromatic N) is 1. The van der Waals surface area contributed by atoms with Crippen LogP contribution in [0.5, 0.6) is 0 Å². The average Bonchev–Trinajstić information content (AvgIpc) is 2.82. The predicted molar refractivity (Wildman–Crippen MR) is 82.0 cm³/mol. The van der Waals surface area contributed by atoms with E-state index >= 15 is 0 Å². The van der Waals surface area contributed by atoms with E-state index in [1.165, 1.54) is 48.9 Å². The van der Waals surface area contributed by atoms with Gasteiger partial charge in [0.1, 0.15) is 10.6 Å². The fraction of sp³-hybridized carbons (Fsp3) is 0.643. The predicted octanol–water partition coefficient (Wildman–Crippen LogP) is 2.65. The van der Waals surface area contributed by atoms with Crippen LogP contribution < -0.4 is 5.32 Å². The highest BCUT2D eigenvalue weighted by Crippen LogP contribution is 2.25. The van der Waals surface area contributed by atoms with Crippen LogP contribution >= 0.6 is 10.7 Å². The highest BCUT2D eigenvalue weighted by atomic mass is 35.7. The maximum atomic E-state index is 12.1. The Morgan fingerprint density at radius 2 is 2.05 bits per heavy atom. The summed E-state index contributed by atoms with van der Waals surface area (Å²) in [4.78, 5) is 12.0. The van der Waals surface area contributed by atoms with Gasteiger partial charge in [-0.3, -0.25) is 4.79 Å². The van der Waals surface area contributed by atoms with Crippen molar-refractivity contribution >= 4 is 25.6 Å². The van der Waals surface area contributed by atoms with Gasteiger partial charge in [0.15, 0.2) is 0 Å². The van der Waals surface area contributed by atoms with E-state index in [1.807, 2.05) is 0 Å². The number of aryl methyl sites for hydroxylation is 1. The van der Waals surface area contributed by atoms with Crippen molar-refractivity contribution in [3.63, 3.8) is 0 Å². The molecule has 1 aliphatic carbocycles. The van der Waals surface area contributed by atoms with E-state index < -0.39 is 9.05 Å². The van der Waals surface area contributed by atoms with Crippen LogP contribution in [0.4, 0.5) is 0 Å². The fourth-order valence-electron chi connectivity index (χ4n) is 2.85. The highest BCUT2D eigenvalue weighted by molar-refractivity contribution is 8.13. The topological polar surface area (TPSA) is 68.2 Å². The molecule has 2 rings (SSSR count). The summed E-state index contributed by atoms with van der Waals surface area (Å²) in [5.41, 5.74) is 0.304. The molecule has 21 heavy (non-hydrogen) atoms. The second-order valence-electron chi connectivity index (χ2n) is 5.66. The van der Waals surface area contributed by atoms with Crippen molar-refractivity contribution in [1.29, 1.82) is 0 Å². The van der Waals surface area contributed by atoms with Gasteiger partial charge in [-0.1, -0.05) is 32.1 Å². The summed E-state index contributed by atoms with van der Waals surface area (Å²) < 4.78 is 24.0. The van der Waals surface area contributed by atoms with E-state index in [2.05, 4.69) is 5.32 Å². The van der Waals surface area contributed by atoms with Crippen molar-refractivity contribution in [3.8, 4) is 0 Å². The molecule has 1 aliphatic rings. The van der Waals surface area contributed by atoms with Gasteiger partial charge < -0.3 is 9.88 Å². The molecule has 0 radical (unpaired) electrons. The molecular formula is C14H21ClN2O3S. The van der Waals surface area contributed by atoms with Crippen LogP contribution in [-0.2, 0) is 16.1 Å². The number of carbonyl (C=O) groups excluding carboxylic acids is 1. The fourth-order valence-corrected chi connectivity index (χ4v) is 3.64. The minimum absolute atomic E-state index is 0.0518. The maximum Gasteiger partial charge on any atom is 0.267 e. The molecule has 1 amide bonds. The number of hydrogen-bond donors (Lipinski definition) is 1. The van der Waals surface area contributed by atoms with Gasteiger partial charge in [0.2, 0.25) is 0 Å². The van der Waals surface area contributed by atoms with Crippen LogP contribution in [0.3, 0.4) is 0 Å². The van der Waals surface area contributed by atoms with E-state index in [4.69, 9.17) is 10.7 Å². The summed E-state index contributed by atoms with van der Waals surface area (Å²) in [7, 11) is 3.10. The lowest BCUT2D eigenvalue weighted by molar-refractivity contribution is 0.0942. The van der Waals surface area contributed by atoms with Crippen molar-refractivity contribution in [3.05, 3.63) is 18.0 Å². The molecule has 1 fully saturated rings. The van der Waals surface area contributed by atoms with Crippen molar-refractivity contribution in [2.75, 3.05) is 6.54 Å². The number of nitrogens with one attached hydrogen (secondary N) is 1. The minimum atomic E-state index is -3.80. The van der Waals surface area contributed by atoms with Crippen molar-refractivity contribution < 1.29 is 13.2 Å². The zero-order chi connectivity index (χ0) is 15.5. The van der Waals surface area contributed by atoms with Crippen LogP contribution in [0.2, 0.25) is 0 Å². The third-order valence-corrected chi connectivity index (χ3v) is 5.38. The van der Waals surface area contributed by atoms with E-state index in [9.17, 15) is 13.2 Å². The molecule has 0 unspecified atom stereocenters. The Balaban J connectivity index is 1.90. The van der Waals surface area contributed by atoms with Gasteiger partial charge in [-0.05, 0) is 18.4 Å². The van der Waals surface area contributed by atoms with E-state index in [1.54, 1.807) is 7.05 Å². The molecule has 1 N–H and O–H groups in total. The van der Waals surface area contributed by atoms with Crippen molar-refractivity contribution in [2.45, 2.75) is 43.4 Å². The molecule has 1 aromatic heterocycles. The van der Waals surface area contributed by atoms with Crippen LogP contribution in [0, 0.1) is 5.92 Å². The SMILES string of the molecule is Cn1cc(S(=O)(=O)Cl)cc1C(=O)NCCC1CCCCC1. The van der Waals surface area contributed by atoms with E-state index in [0.717, 1.165) is 6.42 Å². The molecule has 7 heteroatoms. The zero-order valence-corrected chi connectivity index (χ0v) is 13.7. The first-order chi connectivity index (χ1) is 9.88. The normalized spacial score (nSPS) is 16.9. The number of hydrogen-bond acceptors (Lipinski definition) is 3. The number of carbonyl (C=O) groups is 1. The molecular weight excluding hydrogens is 312 g/mol. The first-order valence-corrected chi connectivity index (χ1v) is 9.58. The largest absolute Gasteiger partial charge is 0.351 e. The van der Waals surface area contributed by atoms with Gasteiger partial charge in [-0.2, -0.15) is 0 Å². The van der Waals surface area contributed by atoms with Crippen LogP contribution in [0.15, 0.2) is 17.2 Å². The van der Waals surface area contributed by atoms with Gasteiger partial charge in [0, 0.05) is 30.5 Å². The van der Waals surface area contributed by atoms with E-state index in [0.29, 0.717) is 18.2 Å². The Morgan fingerprint density at radius 3 is 2.62 bits per heavy atom. The first kappa shape index (κ1) is 16.4. The average molecular weight is 333 g/mol. The van der Waals surface area contributed by atoms with Gasteiger partial charge in [-0.25, -0.2) is 8.42 Å². The second kappa shape index (κ2) is 6.83. The summed E-state index contributed by atoms with van der Waals surface area (Å²) in [6.45, 7) is 0.623. The lowest BCUT2D eigenvalue weighted by Crippen LogP contribution is -2.27. The monoisotopic (exact) mass is 332 g/mol. The molecule has 5 nitrogen and oxygen atoms in total. The molecule has 1 aromatic rings. The molecule has 118 valence electrons. The van der Waals surface area contributed by atoms with Crippen molar-refractivity contribution in [1.82, 2.24) is 9.88 Å². The zero-order valence-electron chi connectivity index (χ0n) is 12.1. The Bertz CT molecular complexity index is 604. The summed E-state index contributed by atoms with van der Waals surface area (Å²) in [5.74, 6) is 0.436. The van der Waals surface area contributed by atoms with Gasteiger partial charge in [-0.15, -0.1) is 0 Å². The number of rotatable bonds is 5. The third kappa shape index (κ3) is 4.48. The summed E-state index contributed by atoms with van der Waals surface area (Å²) in [5, 5.41) is 2.85. The molecule has 0 spiro atoms. The summed E-state index contributed by atoms with van der Waals surface area (Å²) in [6, 6.07) is 1.30. The quantitative estimate of drug-likeness (QED) is 0.843. The first-order valence-electron chi connectivity index (χ1n) is 7.27. The van der Waals surface area contributed by atoms with Crippen LogP contribution in [-0.4, -0.2) is 25.4 Å². The molecule has 1 saturated carbocycles. The lowest BCUT2D eigenvalue weighted by atomic mass is 9.87. The standard InChI is InChI=1S/C14H21ClN2O3S/c1-17-10-12(21(15,19)20)9-13(17)14(18)16-8-7-11-5-3-2-4-6-11/h9-11H,2-8H2,1H3,(H,16,18). The van der Waals surface area contributed by atoms with Crippen LogP contribution in [0.1, 0.15) is 49.0 Å².